The van der Waals surface area contributed by atoms with Crippen molar-refractivity contribution in [3.8, 4) is 22.3 Å². The molecule has 44 heavy (non-hydrogen) atoms. The molecule has 4 aromatic rings. The van der Waals surface area contributed by atoms with Crippen molar-refractivity contribution in [3.63, 3.8) is 0 Å². The van der Waals surface area contributed by atoms with Crippen LogP contribution in [0.2, 0.25) is 0 Å². The topological polar surface area (TPSA) is 121 Å². The number of rotatable bonds is 13. The van der Waals surface area contributed by atoms with Gasteiger partial charge in [-0.1, -0.05) is 44.4 Å². The molecule has 3 aromatic carbocycles. The van der Waals surface area contributed by atoms with Crippen LogP contribution < -0.4 is 26.4 Å². The van der Waals surface area contributed by atoms with Gasteiger partial charge in [0.2, 0.25) is 5.91 Å². The fourth-order valence-electron chi connectivity index (χ4n) is 5.07. The van der Waals surface area contributed by atoms with Gasteiger partial charge in [0.15, 0.2) is 0 Å². The lowest BCUT2D eigenvalue weighted by atomic mass is 9.94. The number of nitrogens with two attached hydrogens (primary N) is 1. The molecular weight excluding hydrogens is 575 g/mol. The van der Waals surface area contributed by atoms with Crippen LogP contribution in [0.25, 0.3) is 22.3 Å². The number of amides is 2. The minimum Gasteiger partial charge on any atom is -0.383 e. The molecule has 0 aliphatic carbocycles. The highest BCUT2D eigenvalue weighted by Crippen LogP contribution is 2.34. The average molecular weight is 613 g/mol. The van der Waals surface area contributed by atoms with Gasteiger partial charge in [0.05, 0.1) is 6.54 Å². The zero-order valence-corrected chi connectivity index (χ0v) is 25.5. The van der Waals surface area contributed by atoms with E-state index in [2.05, 4.69) is 32.6 Å². The summed E-state index contributed by atoms with van der Waals surface area (Å²) in [6.07, 6.45) is 6.97. The van der Waals surface area contributed by atoms with E-state index in [9.17, 15) is 9.59 Å². The van der Waals surface area contributed by atoms with Crippen molar-refractivity contribution in [2.45, 2.75) is 43.9 Å². The van der Waals surface area contributed by atoms with Crippen molar-refractivity contribution in [2.24, 2.45) is 0 Å². The normalized spacial score (nSPS) is 12.4. The van der Waals surface area contributed by atoms with Gasteiger partial charge >= 0.3 is 0 Å². The molecule has 2 heterocycles. The van der Waals surface area contributed by atoms with Crippen LogP contribution in [0, 0.1) is 5.82 Å². The maximum atomic E-state index is 15.3. The predicted octanol–water partition coefficient (Wildman–Crippen LogP) is 6.65. The molecule has 0 saturated carbocycles. The number of hydrogen-bond acceptors (Lipinski definition) is 7. The van der Waals surface area contributed by atoms with Gasteiger partial charge in [0.1, 0.15) is 11.6 Å². The summed E-state index contributed by atoms with van der Waals surface area (Å²) < 4.78 is 18.5. The van der Waals surface area contributed by atoms with Crippen LogP contribution in [-0.2, 0) is 11.2 Å². The number of pyridine rings is 1. The number of benzene rings is 3. The molecule has 1 aliphatic heterocycles. The molecule has 2 amide bonds. The number of halogens is 1. The first kappa shape index (κ1) is 31.0. The largest absolute Gasteiger partial charge is 0.383 e. The highest BCUT2D eigenvalue weighted by Gasteiger charge is 2.18. The highest BCUT2D eigenvalue weighted by atomic mass is 32.2. The molecule has 5 rings (SSSR count). The SMILES string of the molecule is CCCCCCNCC(=O)Nc1ccc(NSc2ccc(-c3cnc(N)c(-c4ccc5c(c4)CCNC5=O)c3)c(F)c2)cc1. The molecule has 0 saturated heterocycles. The van der Waals surface area contributed by atoms with Crippen LogP contribution in [0.1, 0.15) is 48.5 Å². The summed E-state index contributed by atoms with van der Waals surface area (Å²) in [5.74, 6) is -0.199. The molecule has 6 N–H and O–H groups in total. The lowest BCUT2D eigenvalue weighted by Gasteiger charge is -2.18. The summed E-state index contributed by atoms with van der Waals surface area (Å²) in [5, 5.41) is 8.92. The number of unbranched alkanes of at least 4 members (excludes halogenated alkanes) is 3. The monoisotopic (exact) mass is 612 g/mol. The van der Waals surface area contributed by atoms with E-state index in [4.69, 9.17) is 5.73 Å². The molecule has 0 bridgehead atoms. The number of nitrogens with zero attached hydrogens (tertiary/aromatic N) is 1. The first-order valence-electron chi connectivity index (χ1n) is 14.9. The minimum atomic E-state index is -0.381. The quantitative estimate of drug-likeness (QED) is 0.0847. The van der Waals surface area contributed by atoms with E-state index in [1.54, 1.807) is 18.3 Å². The van der Waals surface area contributed by atoms with Crippen LogP contribution in [0.3, 0.4) is 0 Å². The maximum absolute atomic E-state index is 15.3. The van der Waals surface area contributed by atoms with Crippen molar-refractivity contribution in [3.05, 3.63) is 89.9 Å². The van der Waals surface area contributed by atoms with Gasteiger partial charge in [-0.3, -0.25) is 9.59 Å². The Balaban J connectivity index is 1.18. The van der Waals surface area contributed by atoms with Gasteiger partial charge in [0.25, 0.3) is 5.91 Å². The summed E-state index contributed by atoms with van der Waals surface area (Å²) in [6.45, 7) is 3.89. The Bertz CT molecular complexity index is 1630. The second-order valence-corrected chi connectivity index (χ2v) is 11.6. The Hall–Kier alpha value is -4.41. The van der Waals surface area contributed by atoms with Gasteiger partial charge in [-0.05, 0) is 91.0 Å². The lowest BCUT2D eigenvalue weighted by molar-refractivity contribution is -0.115. The molecule has 0 fully saturated rings. The van der Waals surface area contributed by atoms with Crippen molar-refractivity contribution in [1.29, 1.82) is 0 Å². The fraction of sp³-hybridized carbons (Fsp3) is 0.265. The van der Waals surface area contributed by atoms with E-state index in [1.165, 1.54) is 37.3 Å². The predicted molar refractivity (Wildman–Crippen MR) is 177 cm³/mol. The molecule has 1 aromatic heterocycles. The molecule has 0 radical (unpaired) electrons. The highest BCUT2D eigenvalue weighted by molar-refractivity contribution is 8.00. The molecule has 8 nitrogen and oxygen atoms in total. The first-order valence-corrected chi connectivity index (χ1v) is 15.7. The number of carbonyl (C=O) groups excluding carboxylic acids is 2. The van der Waals surface area contributed by atoms with Crippen LogP contribution >= 0.6 is 11.9 Å². The zero-order valence-electron chi connectivity index (χ0n) is 24.7. The smallest absolute Gasteiger partial charge is 0.251 e. The number of carbonyl (C=O) groups is 2. The van der Waals surface area contributed by atoms with Gasteiger partial charge in [0, 0.05) is 51.3 Å². The number of nitrogens with one attached hydrogen (secondary N) is 4. The molecule has 228 valence electrons. The number of nitrogen functional groups attached to an aromatic ring is 1. The van der Waals surface area contributed by atoms with Gasteiger partial charge in [-0.15, -0.1) is 0 Å². The van der Waals surface area contributed by atoms with E-state index in [0.717, 1.165) is 36.2 Å². The molecule has 0 unspecified atom stereocenters. The van der Waals surface area contributed by atoms with E-state index in [0.29, 0.717) is 45.2 Å². The molecule has 0 atom stereocenters. The summed E-state index contributed by atoms with van der Waals surface area (Å²) in [6, 6.07) is 19.9. The lowest BCUT2D eigenvalue weighted by Crippen LogP contribution is -2.31. The second kappa shape index (κ2) is 14.9. The number of fused-ring (bicyclic) bond motifs is 1. The standard InChI is InChI=1S/C34H37FN6O2S/c1-2-3-4-5-15-37-21-32(42)40-25-7-9-26(10-8-25)41-44-27-11-13-28(31(35)19-27)24-18-30(33(36)39-20-24)22-6-12-29-23(17-22)14-16-38-34(29)43/h6-13,17-20,37,41H,2-5,14-16,21H2,1H3,(H2,36,39)(H,38,43)(H,40,42). The minimum absolute atomic E-state index is 0.0775. The van der Waals surface area contributed by atoms with Crippen LogP contribution in [0.5, 0.6) is 0 Å². The third-order valence-electron chi connectivity index (χ3n) is 7.46. The number of hydrogen-bond donors (Lipinski definition) is 5. The average Bonchev–Trinajstić information content (AvgIpc) is 3.03. The summed E-state index contributed by atoms with van der Waals surface area (Å²) in [4.78, 5) is 29.3. The maximum Gasteiger partial charge on any atom is 0.251 e. The Morgan fingerprint density at radius 2 is 1.75 bits per heavy atom. The van der Waals surface area contributed by atoms with Gasteiger partial charge < -0.3 is 26.4 Å². The molecular formula is C34H37FN6O2S. The van der Waals surface area contributed by atoms with E-state index in [1.807, 2.05) is 48.5 Å². The summed E-state index contributed by atoms with van der Waals surface area (Å²) in [7, 11) is 0. The Morgan fingerprint density at radius 3 is 2.55 bits per heavy atom. The molecule has 1 aliphatic rings. The van der Waals surface area contributed by atoms with Crippen LogP contribution in [0.4, 0.5) is 21.6 Å². The van der Waals surface area contributed by atoms with Crippen molar-refractivity contribution >= 4 is 41.0 Å². The van der Waals surface area contributed by atoms with Crippen LogP contribution in [0.15, 0.2) is 77.8 Å². The first-order chi connectivity index (χ1) is 21.4. The van der Waals surface area contributed by atoms with Crippen molar-refractivity contribution in [2.75, 3.05) is 35.4 Å². The fourth-order valence-corrected chi connectivity index (χ4v) is 5.74. The second-order valence-electron chi connectivity index (χ2n) is 10.7. The van der Waals surface area contributed by atoms with E-state index in [-0.39, 0.29) is 24.2 Å². The van der Waals surface area contributed by atoms with Gasteiger partial charge in [-0.2, -0.15) is 0 Å². The van der Waals surface area contributed by atoms with Crippen molar-refractivity contribution < 1.29 is 14.0 Å². The summed E-state index contributed by atoms with van der Waals surface area (Å²) in [5.41, 5.74) is 11.9. The Kier molecular flexibility index (Phi) is 10.5. The van der Waals surface area contributed by atoms with E-state index < -0.39 is 0 Å². The Morgan fingerprint density at radius 1 is 0.955 bits per heavy atom. The third-order valence-corrected chi connectivity index (χ3v) is 8.29. The van der Waals surface area contributed by atoms with Crippen LogP contribution in [-0.4, -0.2) is 36.4 Å². The van der Waals surface area contributed by atoms with Crippen molar-refractivity contribution in [1.82, 2.24) is 15.6 Å². The zero-order chi connectivity index (χ0) is 30.9. The molecule has 10 heteroatoms. The summed E-state index contributed by atoms with van der Waals surface area (Å²) >= 11 is 1.29. The molecule has 0 spiro atoms. The Labute approximate surface area is 261 Å². The van der Waals surface area contributed by atoms with Gasteiger partial charge in [-0.25, -0.2) is 9.37 Å². The van der Waals surface area contributed by atoms with E-state index >= 15 is 4.39 Å². The number of aromatic nitrogens is 1. The third kappa shape index (κ3) is 7.94. The number of anilines is 3.